The molecule has 1 aromatic heterocycles. The highest BCUT2D eigenvalue weighted by Gasteiger charge is 2.05. The average molecular weight is 312 g/mol. The number of rotatable bonds is 6. The highest BCUT2D eigenvalue weighted by atomic mass is 16.5. The number of ether oxygens (including phenoxy) is 1. The summed E-state index contributed by atoms with van der Waals surface area (Å²) in [6, 6.07) is 12.3. The van der Waals surface area contributed by atoms with Crippen LogP contribution in [0.3, 0.4) is 0 Å². The van der Waals surface area contributed by atoms with Crippen LogP contribution in [0.25, 0.3) is 0 Å². The summed E-state index contributed by atoms with van der Waals surface area (Å²) in [4.78, 5) is 8.50. The van der Waals surface area contributed by atoms with Gasteiger partial charge in [-0.15, -0.1) is 0 Å². The fraction of sp³-hybridized carbons (Fsp3) is 0.333. The van der Waals surface area contributed by atoms with Gasteiger partial charge in [0.1, 0.15) is 0 Å². The number of nitrogens with one attached hydrogen (secondary N) is 2. The summed E-state index contributed by atoms with van der Waals surface area (Å²) in [6.07, 6.45) is 1.74. The van der Waals surface area contributed by atoms with Crippen LogP contribution in [0.1, 0.15) is 23.6 Å². The van der Waals surface area contributed by atoms with Crippen LogP contribution in [0.5, 0.6) is 5.88 Å². The maximum Gasteiger partial charge on any atom is 0.218 e. The minimum absolute atomic E-state index is 0.602. The highest BCUT2D eigenvalue weighted by molar-refractivity contribution is 5.79. The highest BCUT2D eigenvalue weighted by Crippen LogP contribution is 2.13. The first-order valence-corrected chi connectivity index (χ1v) is 7.79. The second kappa shape index (κ2) is 8.78. The molecule has 2 rings (SSSR count). The van der Waals surface area contributed by atoms with Gasteiger partial charge in [-0.1, -0.05) is 35.9 Å². The minimum Gasteiger partial charge on any atom is -0.478 e. The number of hydrogen-bond acceptors (Lipinski definition) is 3. The predicted molar refractivity (Wildman–Crippen MR) is 93.6 cm³/mol. The number of pyridine rings is 1. The molecular weight excluding hydrogens is 288 g/mol. The molecule has 23 heavy (non-hydrogen) atoms. The first kappa shape index (κ1) is 16.8. The molecule has 2 N–H and O–H groups in total. The van der Waals surface area contributed by atoms with E-state index in [0.717, 1.165) is 18.1 Å². The van der Waals surface area contributed by atoms with Gasteiger partial charge in [0.25, 0.3) is 0 Å². The number of nitrogens with zero attached hydrogens (tertiary/aromatic N) is 2. The Labute approximate surface area is 137 Å². The van der Waals surface area contributed by atoms with Gasteiger partial charge < -0.3 is 15.4 Å². The van der Waals surface area contributed by atoms with Crippen molar-refractivity contribution in [3.8, 4) is 5.88 Å². The number of aromatic nitrogens is 1. The van der Waals surface area contributed by atoms with E-state index in [0.29, 0.717) is 19.0 Å². The van der Waals surface area contributed by atoms with E-state index in [1.165, 1.54) is 11.1 Å². The van der Waals surface area contributed by atoms with E-state index in [9.17, 15) is 0 Å². The van der Waals surface area contributed by atoms with Crippen LogP contribution in [0.2, 0.25) is 0 Å². The van der Waals surface area contributed by atoms with Crippen molar-refractivity contribution in [3.63, 3.8) is 0 Å². The summed E-state index contributed by atoms with van der Waals surface area (Å²) in [5, 5.41) is 6.60. The number of guanidine groups is 1. The quantitative estimate of drug-likeness (QED) is 0.636. The molecule has 0 radical (unpaired) electrons. The molecule has 2 aromatic rings. The van der Waals surface area contributed by atoms with Crippen molar-refractivity contribution >= 4 is 5.96 Å². The van der Waals surface area contributed by atoms with Gasteiger partial charge in [0.15, 0.2) is 5.96 Å². The summed E-state index contributed by atoms with van der Waals surface area (Å²) >= 11 is 0. The van der Waals surface area contributed by atoms with Crippen LogP contribution >= 0.6 is 0 Å². The molecule has 0 bridgehead atoms. The van der Waals surface area contributed by atoms with Gasteiger partial charge in [-0.3, -0.25) is 4.99 Å². The monoisotopic (exact) mass is 312 g/mol. The van der Waals surface area contributed by atoms with Gasteiger partial charge in [-0.05, 0) is 25.5 Å². The van der Waals surface area contributed by atoms with Crippen molar-refractivity contribution in [3.05, 3.63) is 59.3 Å². The average Bonchev–Trinajstić information content (AvgIpc) is 2.57. The molecule has 0 spiro atoms. The van der Waals surface area contributed by atoms with Crippen LogP contribution < -0.4 is 15.4 Å². The number of hydrogen-bond donors (Lipinski definition) is 2. The lowest BCUT2D eigenvalue weighted by Gasteiger charge is -2.14. The molecule has 0 aliphatic rings. The van der Waals surface area contributed by atoms with Crippen molar-refractivity contribution < 1.29 is 4.74 Å². The number of aryl methyl sites for hydroxylation is 1. The Morgan fingerprint density at radius 3 is 2.74 bits per heavy atom. The molecule has 5 heteroatoms. The van der Waals surface area contributed by atoms with Gasteiger partial charge in [0, 0.05) is 31.9 Å². The first-order valence-electron chi connectivity index (χ1n) is 7.79. The van der Waals surface area contributed by atoms with Crippen molar-refractivity contribution in [2.75, 3.05) is 13.7 Å². The van der Waals surface area contributed by atoms with Crippen LogP contribution in [0, 0.1) is 6.92 Å². The Bertz CT molecular complexity index is 655. The van der Waals surface area contributed by atoms with Gasteiger partial charge in [0.05, 0.1) is 6.61 Å². The fourth-order valence-corrected chi connectivity index (χ4v) is 2.23. The molecule has 0 fully saturated rings. The lowest BCUT2D eigenvalue weighted by molar-refractivity contribution is 0.322. The summed E-state index contributed by atoms with van der Waals surface area (Å²) in [5.41, 5.74) is 3.49. The lowest BCUT2D eigenvalue weighted by Crippen LogP contribution is -2.36. The van der Waals surface area contributed by atoms with Crippen molar-refractivity contribution in [1.29, 1.82) is 0 Å². The Kier molecular flexibility index (Phi) is 6.41. The Balaban J connectivity index is 1.90. The molecule has 0 atom stereocenters. The SMILES string of the molecule is CCOc1ncccc1CNC(=NC)NCc1cccc(C)c1. The summed E-state index contributed by atoms with van der Waals surface area (Å²) in [6.45, 7) is 5.98. The summed E-state index contributed by atoms with van der Waals surface area (Å²) < 4.78 is 5.53. The van der Waals surface area contributed by atoms with E-state index in [4.69, 9.17) is 4.74 Å². The third kappa shape index (κ3) is 5.29. The van der Waals surface area contributed by atoms with E-state index in [1.54, 1.807) is 13.2 Å². The van der Waals surface area contributed by atoms with Gasteiger partial charge >= 0.3 is 0 Å². The lowest BCUT2D eigenvalue weighted by atomic mass is 10.1. The zero-order chi connectivity index (χ0) is 16.5. The van der Waals surface area contributed by atoms with Gasteiger partial charge in [-0.2, -0.15) is 0 Å². The maximum atomic E-state index is 5.53. The minimum atomic E-state index is 0.602. The molecule has 5 nitrogen and oxygen atoms in total. The van der Waals surface area contributed by atoms with E-state index in [2.05, 4.69) is 51.8 Å². The first-order chi connectivity index (χ1) is 11.2. The van der Waals surface area contributed by atoms with Crippen molar-refractivity contribution in [2.45, 2.75) is 26.9 Å². The molecule has 0 saturated carbocycles. The third-order valence-corrected chi connectivity index (χ3v) is 3.34. The zero-order valence-electron chi connectivity index (χ0n) is 14.0. The van der Waals surface area contributed by atoms with E-state index in [-0.39, 0.29) is 0 Å². The predicted octanol–water partition coefficient (Wildman–Crippen LogP) is 2.65. The van der Waals surface area contributed by atoms with Crippen LogP contribution in [0.4, 0.5) is 0 Å². The molecule has 122 valence electrons. The van der Waals surface area contributed by atoms with Crippen molar-refractivity contribution in [2.24, 2.45) is 4.99 Å². The molecular formula is C18H24N4O. The van der Waals surface area contributed by atoms with E-state index >= 15 is 0 Å². The molecule has 0 aliphatic heterocycles. The van der Waals surface area contributed by atoms with Gasteiger partial charge in [-0.25, -0.2) is 4.98 Å². The smallest absolute Gasteiger partial charge is 0.218 e. The molecule has 1 heterocycles. The summed E-state index contributed by atoms with van der Waals surface area (Å²) in [5.74, 6) is 1.41. The molecule has 0 unspecified atom stereocenters. The second-order valence-corrected chi connectivity index (χ2v) is 5.17. The van der Waals surface area contributed by atoms with Crippen LogP contribution in [-0.4, -0.2) is 24.6 Å². The Morgan fingerprint density at radius 2 is 2.00 bits per heavy atom. The third-order valence-electron chi connectivity index (χ3n) is 3.34. The van der Waals surface area contributed by atoms with Crippen LogP contribution in [-0.2, 0) is 13.1 Å². The number of benzene rings is 1. The Hall–Kier alpha value is -2.56. The molecule has 1 aromatic carbocycles. The molecule has 0 amide bonds. The van der Waals surface area contributed by atoms with E-state index < -0.39 is 0 Å². The van der Waals surface area contributed by atoms with Crippen LogP contribution in [0.15, 0.2) is 47.6 Å². The summed E-state index contributed by atoms with van der Waals surface area (Å²) in [7, 11) is 1.76. The van der Waals surface area contributed by atoms with E-state index in [1.807, 2.05) is 19.1 Å². The standard InChI is InChI=1S/C18H24N4O/c1-4-23-17-16(9-6-10-20-17)13-22-18(19-3)21-12-15-8-5-7-14(2)11-15/h5-11H,4,12-13H2,1-3H3,(H2,19,21,22). The largest absolute Gasteiger partial charge is 0.478 e. The number of aliphatic imine (C=N–C) groups is 1. The van der Waals surface area contributed by atoms with Gasteiger partial charge in [0.2, 0.25) is 5.88 Å². The Morgan fingerprint density at radius 1 is 1.17 bits per heavy atom. The van der Waals surface area contributed by atoms with Crippen molar-refractivity contribution in [1.82, 2.24) is 15.6 Å². The molecule has 0 saturated heterocycles. The fourth-order valence-electron chi connectivity index (χ4n) is 2.23. The normalized spacial score (nSPS) is 11.2. The second-order valence-electron chi connectivity index (χ2n) is 5.17. The molecule has 0 aliphatic carbocycles. The topological polar surface area (TPSA) is 58.5 Å². The maximum absolute atomic E-state index is 5.53. The zero-order valence-corrected chi connectivity index (χ0v) is 14.0.